The van der Waals surface area contributed by atoms with E-state index >= 15 is 0 Å². The summed E-state index contributed by atoms with van der Waals surface area (Å²) in [7, 11) is 3.17. The van der Waals surface area contributed by atoms with E-state index in [9.17, 15) is 0 Å². The summed E-state index contributed by atoms with van der Waals surface area (Å²) in [6, 6.07) is 9.71. The van der Waals surface area contributed by atoms with E-state index in [1.807, 2.05) is 30.3 Å². The smallest absolute Gasteiger partial charge is 0.231 e. The van der Waals surface area contributed by atoms with E-state index in [0.29, 0.717) is 29.6 Å². The SMILES string of the molecule is COc1cc(CNCc2ccc3c(c2)OCO3)cc(Cl)c1OC.Cl. The monoisotopic (exact) mass is 371 g/mol. The second-order valence-electron chi connectivity index (χ2n) is 5.10. The van der Waals surface area contributed by atoms with Crippen LogP contribution in [0.5, 0.6) is 23.0 Å². The third-order valence-electron chi connectivity index (χ3n) is 3.59. The van der Waals surface area contributed by atoms with Crippen molar-refractivity contribution in [1.82, 2.24) is 5.32 Å². The van der Waals surface area contributed by atoms with Gasteiger partial charge in [-0.15, -0.1) is 12.4 Å². The number of hydrogen-bond donors (Lipinski definition) is 1. The summed E-state index contributed by atoms with van der Waals surface area (Å²) in [6.45, 7) is 1.66. The minimum atomic E-state index is 0. The Hall–Kier alpha value is -1.82. The Morgan fingerprint density at radius 1 is 1.00 bits per heavy atom. The molecule has 0 bridgehead atoms. The highest BCUT2D eigenvalue weighted by atomic mass is 35.5. The Labute approximate surface area is 152 Å². The number of methoxy groups -OCH3 is 2. The average Bonchev–Trinajstić information content (AvgIpc) is 3.02. The van der Waals surface area contributed by atoms with Gasteiger partial charge >= 0.3 is 0 Å². The average molecular weight is 372 g/mol. The number of ether oxygens (including phenoxy) is 4. The van der Waals surface area contributed by atoms with Gasteiger partial charge in [0.05, 0.1) is 19.2 Å². The third-order valence-corrected chi connectivity index (χ3v) is 3.87. The summed E-state index contributed by atoms with van der Waals surface area (Å²) in [5.41, 5.74) is 2.15. The van der Waals surface area contributed by atoms with Gasteiger partial charge in [-0.1, -0.05) is 17.7 Å². The fourth-order valence-electron chi connectivity index (χ4n) is 2.48. The van der Waals surface area contributed by atoms with Gasteiger partial charge in [0.2, 0.25) is 6.79 Å². The zero-order chi connectivity index (χ0) is 16.2. The molecule has 3 rings (SSSR count). The quantitative estimate of drug-likeness (QED) is 0.836. The molecule has 1 N–H and O–H groups in total. The standard InChI is InChI=1S/C17H18ClNO4.ClH/c1-20-16-7-12(5-13(18)17(16)21-2)9-19-8-11-3-4-14-15(6-11)23-10-22-14;/h3-7,19H,8-10H2,1-2H3;1H. The van der Waals surface area contributed by atoms with Gasteiger partial charge in [0.15, 0.2) is 23.0 Å². The van der Waals surface area contributed by atoms with Crippen LogP contribution in [0.25, 0.3) is 0 Å². The van der Waals surface area contributed by atoms with Crippen LogP contribution in [0.2, 0.25) is 5.02 Å². The Balaban J connectivity index is 0.00000208. The maximum Gasteiger partial charge on any atom is 0.231 e. The summed E-state index contributed by atoms with van der Waals surface area (Å²) < 4.78 is 21.2. The van der Waals surface area contributed by atoms with Gasteiger partial charge in [0.25, 0.3) is 0 Å². The van der Waals surface area contributed by atoms with Crippen LogP contribution in [0, 0.1) is 0 Å². The van der Waals surface area contributed by atoms with Crippen LogP contribution in [0.1, 0.15) is 11.1 Å². The molecule has 0 saturated heterocycles. The fraction of sp³-hybridized carbons (Fsp3) is 0.294. The van der Waals surface area contributed by atoms with Gasteiger partial charge in [-0.05, 0) is 35.4 Å². The van der Waals surface area contributed by atoms with E-state index in [1.165, 1.54) is 0 Å². The van der Waals surface area contributed by atoms with Crippen molar-refractivity contribution >= 4 is 24.0 Å². The van der Waals surface area contributed by atoms with Crippen molar-refractivity contribution in [2.24, 2.45) is 0 Å². The first kappa shape index (κ1) is 18.5. The van der Waals surface area contributed by atoms with E-state index in [4.69, 9.17) is 30.5 Å². The maximum atomic E-state index is 6.21. The number of nitrogens with one attached hydrogen (secondary N) is 1. The number of halogens is 2. The van der Waals surface area contributed by atoms with Crippen molar-refractivity contribution in [1.29, 1.82) is 0 Å². The van der Waals surface area contributed by atoms with E-state index in [2.05, 4.69) is 5.32 Å². The third kappa shape index (κ3) is 3.98. The summed E-state index contributed by atoms with van der Waals surface area (Å²) in [5.74, 6) is 2.76. The highest BCUT2D eigenvalue weighted by molar-refractivity contribution is 6.32. The van der Waals surface area contributed by atoms with Gasteiger partial charge in [-0.3, -0.25) is 0 Å². The summed E-state index contributed by atoms with van der Waals surface area (Å²) in [6.07, 6.45) is 0. The van der Waals surface area contributed by atoms with Gasteiger partial charge in [0.1, 0.15) is 0 Å². The highest BCUT2D eigenvalue weighted by Crippen LogP contribution is 2.36. The van der Waals surface area contributed by atoms with Crippen LogP contribution in [0.3, 0.4) is 0 Å². The lowest BCUT2D eigenvalue weighted by Gasteiger charge is -2.12. The molecular weight excluding hydrogens is 353 g/mol. The molecule has 1 aliphatic rings. The largest absolute Gasteiger partial charge is 0.493 e. The van der Waals surface area contributed by atoms with Crippen LogP contribution in [-0.4, -0.2) is 21.0 Å². The van der Waals surface area contributed by atoms with Gasteiger partial charge in [0, 0.05) is 13.1 Å². The molecule has 0 aromatic heterocycles. The first-order valence-corrected chi connectivity index (χ1v) is 7.58. The Kier molecular flexibility index (Phi) is 6.43. The molecule has 2 aromatic carbocycles. The lowest BCUT2D eigenvalue weighted by atomic mass is 10.1. The Bertz CT molecular complexity index is 709. The molecule has 0 unspecified atom stereocenters. The molecule has 0 spiro atoms. The van der Waals surface area contributed by atoms with Crippen LogP contribution in [0.4, 0.5) is 0 Å². The molecule has 7 heteroatoms. The Morgan fingerprint density at radius 3 is 2.50 bits per heavy atom. The molecule has 0 atom stereocenters. The fourth-order valence-corrected chi connectivity index (χ4v) is 2.79. The summed E-state index contributed by atoms with van der Waals surface area (Å²) in [4.78, 5) is 0. The molecule has 0 fully saturated rings. The molecule has 0 aliphatic carbocycles. The molecule has 1 heterocycles. The van der Waals surface area contributed by atoms with E-state index < -0.39 is 0 Å². The summed E-state index contributed by atoms with van der Waals surface area (Å²) in [5, 5.41) is 3.91. The molecule has 0 radical (unpaired) electrons. The van der Waals surface area contributed by atoms with E-state index in [-0.39, 0.29) is 19.2 Å². The molecule has 130 valence electrons. The van der Waals surface area contributed by atoms with Crippen molar-refractivity contribution in [3.8, 4) is 23.0 Å². The molecule has 1 aliphatic heterocycles. The minimum absolute atomic E-state index is 0. The zero-order valence-electron chi connectivity index (χ0n) is 13.4. The molecule has 0 amide bonds. The molecule has 0 saturated carbocycles. The maximum absolute atomic E-state index is 6.21. The van der Waals surface area contributed by atoms with Crippen molar-refractivity contribution < 1.29 is 18.9 Å². The zero-order valence-corrected chi connectivity index (χ0v) is 15.0. The van der Waals surface area contributed by atoms with Crippen LogP contribution >= 0.6 is 24.0 Å². The van der Waals surface area contributed by atoms with Crippen molar-refractivity contribution in [3.63, 3.8) is 0 Å². The Morgan fingerprint density at radius 2 is 1.75 bits per heavy atom. The first-order chi connectivity index (χ1) is 11.2. The summed E-state index contributed by atoms with van der Waals surface area (Å²) >= 11 is 6.21. The van der Waals surface area contributed by atoms with Gasteiger partial charge in [-0.25, -0.2) is 0 Å². The van der Waals surface area contributed by atoms with Crippen LogP contribution in [0.15, 0.2) is 30.3 Å². The highest BCUT2D eigenvalue weighted by Gasteiger charge is 2.13. The van der Waals surface area contributed by atoms with Crippen molar-refractivity contribution in [2.75, 3.05) is 21.0 Å². The molecule has 24 heavy (non-hydrogen) atoms. The number of rotatable bonds is 6. The van der Waals surface area contributed by atoms with Gasteiger partial charge in [-0.2, -0.15) is 0 Å². The predicted molar refractivity (Wildman–Crippen MR) is 94.9 cm³/mol. The van der Waals surface area contributed by atoms with Crippen LogP contribution in [-0.2, 0) is 13.1 Å². The topological polar surface area (TPSA) is 49.0 Å². The van der Waals surface area contributed by atoms with Gasteiger partial charge < -0.3 is 24.3 Å². The normalized spacial score (nSPS) is 11.8. The molecule has 2 aromatic rings. The van der Waals surface area contributed by atoms with Crippen molar-refractivity contribution in [3.05, 3.63) is 46.5 Å². The lowest BCUT2D eigenvalue weighted by molar-refractivity contribution is 0.174. The van der Waals surface area contributed by atoms with E-state index in [0.717, 1.165) is 22.6 Å². The second-order valence-corrected chi connectivity index (χ2v) is 5.51. The predicted octanol–water partition coefficient (Wildman–Crippen LogP) is 3.80. The minimum Gasteiger partial charge on any atom is -0.493 e. The second kappa shape index (κ2) is 8.33. The number of hydrogen-bond acceptors (Lipinski definition) is 5. The lowest BCUT2D eigenvalue weighted by Crippen LogP contribution is -2.12. The van der Waals surface area contributed by atoms with Crippen LogP contribution < -0.4 is 24.3 Å². The number of fused-ring (bicyclic) bond motifs is 1. The van der Waals surface area contributed by atoms with Crippen molar-refractivity contribution in [2.45, 2.75) is 13.1 Å². The number of benzene rings is 2. The molecular formula is C17H19Cl2NO4. The molecule has 5 nitrogen and oxygen atoms in total. The van der Waals surface area contributed by atoms with E-state index in [1.54, 1.807) is 14.2 Å². The first-order valence-electron chi connectivity index (χ1n) is 7.21.